The third-order valence-electron chi connectivity index (χ3n) is 5.63. The first-order valence-electron chi connectivity index (χ1n) is 10.5. The molecule has 186 valence electrons. The van der Waals surface area contributed by atoms with E-state index in [4.69, 9.17) is 11.6 Å². The summed E-state index contributed by atoms with van der Waals surface area (Å²) >= 11 is 6.81. The summed E-state index contributed by atoms with van der Waals surface area (Å²) in [6, 6.07) is 2.03. The van der Waals surface area contributed by atoms with E-state index in [1.54, 1.807) is 0 Å². The molecule has 1 amide bonds. The number of thiazole rings is 1. The van der Waals surface area contributed by atoms with Crippen molar-refractivity contribution < 1.29 is 27.1 Å². The lowest BCUT2D eigenvalue weighted by Crippen LogP contribution is -2.25. The van der Waals surface area contributed by atoms with E-state index in [1.165, 1.54) is 12.4 Å². The molecule has 1 N–H and O–H groups in total. The standard InChI is InChI=1S/C22H20ClF4N5O2S/c1-11-4-3-5-32(11)10-16-18(12-6-13(22(25,26)27)19(34-2)14(24)7-12)30-21(35-16)31-20(33)15-8-29-17(23)9-28-15/h6-9,11H,3-5,10H2,1-2H3,(H,30,31,33)/t11-/m1/s1. The van der Waals surface area contributed by atoms with Crippen LogP contribution in [0.2, 0.25) is 5.15 Å². The number of ether oxygens (including phenoxy) is 1. The van der Waals surface area contributed by atoms with Gasteiger partial charge in [0.15, 0.2) is 16.7 Å². The quantitative estimate of drug-likeness (QED) is 0.415. The normalized spacial score (nSPS) is 16.5. The molecule has 35 heavy (non-hydrogen) atoms. The SMILES string of the molecule is COc1c(F)cc(-c2nc(NC(=O)c3cnc(Cl)cn3)sc2CN2CCC[C@H]2C)cc1C(F)(F)F. The molecule has 1 fully saturated rings. The molecule has 0 saturated carbocycles. The molecule has 3 aromatic rings. The maximum absolute atomic E-state index is 14.6. The Morgan fingerprint density at radius 1 is 1.31 bits per heavy atom. The first-order valence-corrected chi connectivity index (χ1v) is 11.7. The third-order valence-corrected chi connectivity index (χ3v) is 6.79. The number of methoxy groups -OCH3 is 1. The molecule has 4 rings (SSSR count). The fourth-order valence-electron chi connectivity index (χ4n) is 3.89. The van der Waals surface area contributed by atoms with Gasteiger partial charge < -0.3 is 4.74 Å². The van der Waals surface area contributed by atoms with Crippen molar-refractivity contribution in [2.45, 2.75) is 38.5 Å². The fourth-order valence-corrected chi connectivity index (χ4v) is 4.99. The Kier molecular flexibility index (Phi) is 7.25. The van der Waals surface area contributed by atoms with E-state index in [2.05, 4.69) is 36.8 Å². The number of carbonyl (C=O) groups excluding carboxylic acids is 1. The Balaban J connectivity index is 1.75. The van der Waals surface area contributed by atoms with Gasteiger partial charge in [-0.1, -0.05) is 22.9 Å². The van der Waals surface area contributed by atoms with Gasteiger partial charge in [-0.25, -0.2) is 19.3 Å². The van der Waals surface area contributed by atoms with Crippen LogP contribution in [0.15, 0.2) is 24.5 Å². The number of likely N-dealkylation sites (tertiary alicyclic amines) is 1. The lowest BCUT2D eigenvalue weighted by molar-refractivity contribution is -0.139. The van der Waals surface area contributed by atoms with Crippen LogP contribution in [-0.2, 0) is 12.7 Å². The number of hydrogen-bond donors (Lipinski definition) is 1. The van der Waals surface area contributed by atoms with Crippen molar-refractivity contribution in [3.05, 3.63) is 51.6 Å². The smallest absolute Gasteiger partial charge is 0.420 e. The molecule has 0 bridgehead atoms. The van der Waals surface area contributed by atoms with E-state index in [0.717, 1.165) is 50.0 Å². The van der Waals surface area contributed by atoms with Crippen molar-refractivity contribution in [1.82, 2.24) is 19.9 Å². The number of amides is 1. The Labute approximate surface area is 207 Å². The molecule has 7 nitrogen and oxygen atoms in total. The van der Waals surface area contributed by atoms with Crippen molar-refractivity contribution in [2.75, 3.05) is 19.0 Å². The van der Waals surface area contributed by atoms with Crippen LogP contribution in [0.1, 0.15) is 40.7 Å². The molecule has 0 aliphatic carbocycles. The maximum atomic E-state index is 14.6. The predicted octanol–water partition coefficient (Wildman–Crippen LogP) is 5.66. The zero-order valence-corrected chi connectivity index (χ0v) is 20.2. The molecule has 1 aliphatic rings. The topological polar surface area (TPSA) is 80.2 Å². The van der Waals surface area contributed by atoms with Gasteiger partial charge in [-0.05, 0) is 38.4 Å². The molecular weight excluding hydrogens is 510 g/mol. The van der Waals surface area contributed by atoms with Gasteiger partial charge in [0.05, 0.1) is 25.2 Å². The van der Waals surface area contributed by atoms with Gasteiger partial charge in [-0.3, -0.25) is 15.0 Å². The van der Waals surface area contributed by atoms with Crippen LogP contribution in [-0.4, -0.2) is 45.5 Å². The predicted molar refractivity (Wildman–Crippen MR) is 123 cm³/mol. The molecule has 1 aliphatic heterocycles. The van der Waals surface area contributed by atoms with Gasteiger partial charge >= 0.3 is 6.18 Å². The van der Waals surface area contributed by atoms with Crippen molar-refractivity contribution in [2.24, 2.45) is 0 Å². The Morgan fingerprint density at radius 2 is 2.09 bits per heavy atom. The number of anilines is 1. The van der Waals surface area contributed by atoms with E-state index in [1.807, 2.05) is 0 Å². The Morgan fingerprint density at radius 3 is 2.69 bits per heavy atom. The van der Waals surface area contributed by atoms with Crippen LogP contribution in [0.3, 0.4) is 0 Å². The molecule has 0 unspecified atom stereocenters. The molecule has 1 saturated heterocycles. The van der Waals surface area contributed by atoms with Crippen LogP contribution in [0, 0.1) is 5.82 Å². The minimum absolute atomic E-state index is 0.0179. The first-order chi connectivity index (χ1) is 16.6. The lowest BCUT2D eigenvalue weighted by Gasteiger charge is -2.20. The van der Waals surface area contributed by atoms with Crippen LogP contribution < -0.4 is 10.1 Å². The summed E-state index contributed by atoms with van der Waals surface area (Å²) in [5, 5.41) is 2.84. The van der Waals surface area contributed by atoms with E-state index in [9.17, 15) is 22.4 Å². The minimum atomic E-state index is -4.84. The monoisotopic (exact) mass is 529 g/mol. The maximum Gasteiger partial charge on any atom is 0.420 e. The summed E-state index contributed by atoms with van der Waals surface area (Å²) in [6.07, 6.45) is -0.464. The largest absolute Gasteiger partial charge is 0.493 e. The first kappa shape index (κ1) is 25.3. The highest BCUT2D eigenvalue weighted by Crippen LogP contribution is 2.42. The van der Waals surface area contributed by atoms with Crippen LogP contribution in [0.4, 0.5) is 22.7 Å². The summed E-state index contributed by atoms with van der Waals surface area (Å²) in [4.78, 5) is 27.4. The van der Waals surface area contributed by atoms with E-state index < -0.39 is 29.2 Å². The van der Waals surface area contributed by atoms with Crippen molar-refractivity contribution in [3.63, 3.8) is 0 Å². The van der Waals surface area contributed by atoms with Gasteiger partial charge in [0, 0.05) is 23.0 Å². The number of halogens is 5. The summed E-state index contributed by atoms with van der Waals surface area (Å²) in [7, 11) is 0.976. The molecule has 0 spiro atoms. The second-order valence-corrected chi connectivity index (χ2v) is 9.44. The molecule has 0 radical (unpaired) electrons. The summed E-state index contributed by atoms with van der Waals surface area (Å²) < 4.78 is 60.2. The number of rotatable bonds is 6. The Hall–Kier alpha value is -2.83. The van der Waals surface area contributed by atoms with E-state index in [-0.39, 0.29) is 33.3 Å². The Bertz CT molecular complexity index is 1240. The molecule has 2 aromatic heterocycles. The zero-order valence-electron chi connectivity index (χ0n) is 18.6. The van der Waals surface area contributed by atoms with Crippen LogP contribution >= 0.6 is 22.9 Å². The van der Waals surface area contributed by atoms with E-state index in [0.29, 0.717) is 11.4 Å². The van der Waals surface area contributed by atoms with Gasteiger partial charge in [0.1, 0.15) is 16.4 Å². The minimum Gasteiger partial charge on any atom is -0.493 e. The fraction of sp³-hybridized carbons (Fsp3) is 0.364. The van der Waals surface area contributed by atoms with Gasteiger partial charge in [0.25, 0.3) is 5.91 Å². The van der Waals surface area contributed by atoms with Crippen LogP contribution in [0.25, 0.3) is 11.3 Å². The number of nitrogens with zero attached hydrogens (tertiary/aromatic N) is 4. The number of alkyl halides is 3. The highest BCUT2D eigenvalue weighted by atomic mass is 35.5. The average molecular weight is 530 g/mol. The summed E-state index contributed by atoms with van der Waals surface area (Å²) in [5.74, 6) is -2.67. The summed E-state index contributed by atoms with van der Waals surface area (Å²) in [6.45, 7) is 3.26. The highest BCUT2D eigenvalue weighted by Gasteiger charge is 2.37. The van der Waals surface area contributed by atoms with Crippen molar-refractivity contribution in [3.8, 4) is 17.0 Å². The molecule has 1 atom stereocenters. The summed E-state index contributed by atoms with van der Waals surface area (Å²) in [5.41, 5.74) is -1.18. The average Bonchev–Trinajstić information content (AvgIpc) is 3.39. The van der Waals surface area contributed by atoms with Gasteiger partial charge in [-0.2, -0.15) is 13.2 Å². The van der Waals surface area contributed by atoms with Crippen molar-refractivity contribution in [1.29, 1.82) is 0 Å². The molecule has 3 heterocycles. The second kappa shape index (κ2) is 10.0. The molecule has 13 heteroatoms. The zero-order chi connectivity index (χ0) is 25.3. The number of benzene rings is 1. The lowest BCUT2D eigenvalue weighted by atomic mass is 10.0. The van der Waals surface area contributed by atoms with Gasteiger partial charge in [-0.15, -0.1) is 0 Å². The number of nitrogens with one attached hydrogen (secondary N) is 1. The highest BCUT2D eigenvalue weighted by molar-refractivity contribution is 7.16. The number of carbonyl (C=O) groups is 1. The van der Waals surface area contributed by atoms with Gasteiger partial charge in [0.2, 0.25) is 0 Å². The van der Waals surface area contributed by atoms with Crippen LogP contribution in [0.5, 0.6) is 5.75 Å². The number of aromatic nitrogens is 3. The number of hydrogen-bond acceptors (Lipinski definition) is 7. The molecular formula is C22H20ClF4N5O2S. The second-order valence-electron chi connectivity index (χ2n) is 7.97. The van der Waals surface area contributed by atoms with E-state index >= 15 is 0 Å². The molecule has 1 aromatic carbocycles. The van der Waals surface area contributed by atoms with Crippen molar-refractivity contribution >= 4 is 34.0 Å². The third kappa shape index (κ3) is 5.54.